The molecule has 3 rings (SSSR count). The van der Waals surface area contributed by atoms with Crippen molar-refractivity contribution in [1.82, 2.24) is 10.6 Å². The Balaban J connectivity index is 1.54. The van der Waals surface area contributed by atoms with Gasteiger partial charge in [-0.2, -0.15) is 0 Å². The van der Waals surface area contributed by atoms with E-state index in [1.807, 2.05) is 0 Å². The number of benzene rings is 1. The lowest BCUT2D eigenvalue weighted by molar-refractivity contribution is 0.240. The second kappa shape index (κ2) is 5.17. The summed E-state index contributed by atoms with van der Waals surface area (Å²) in [4.78, 5) is 11.9. The zero-order chi connectivity index (χ0) is 13.2. The van der Waals surface area contributed by atoms with Crippen molar-refractivity contribution in [2.75, 3.05) is 5.32 Å². The molecule has 0 spiro atoms. The summed E-state index contributed by atoms with van der Waals surface area (Å²) in [6.07, 6.45) is 4.36. The second-order valence-corrected chi connectivity index (χ2v) is 5.42. The fourth-order valence-corrected chi connectivity index (χ4v) is 3.09. The molecule has 2 amide bonds. The van der Waals surface area contributed by atoms with Crippen LogP contribution in [0.3, 0.4) is 0 Å². The first-order chi connectivity index (χ1) is 9.19. The Morgan fingerprint density at radius 1 is 1.26 bits per heavy atom. The number of nitrogens with one attached hydrogen (secondary N) is 3. The number of carbonyl (C=O) groups is 1. The number of amides is 2. The van der Waals surface area contributed by atoms with Crippen molar-refractivity contribution < 1.29 is 9.18 Å². The van der Waals surface area contributed by atoms with Gasteiger partial charge in [0.2, 0.25) is 0 Å². The summed E-state index contributed by atoms with van der Waals surface area (Å²) in [5.41, 5.74) is 0.481. The number of carbonyl (C=O) groups excluding carboxylic acids is 1. The van der Waals surface area contributed by atoms with Crippen molar-refractivity contribution >= 4 is 11.7 Å². The molecule has 2 aliphatic heterocycles. The maximum Gasteiger partial charge on any atom is 0.319 e. The minimum atomic E-state index is -0.349. The monoisotopic (exact) mass is 263 g/mol. The molecule has 2 fully saturated rings. The molecule has 2 saturated heterocycles. The molecule has 1 aromatic carbocycles. The first-order valence-electron chi connectivity index (χ1n) is 6.78. The number of hydrogen-bond donors (Lipinski definition) is 3. The van der Waals surface area contributed by atoms with E-state index in [4.69, 9.17) is 0 Å². The van der Waals surface area contributed by atoms with E-state index < -0.39 is 0 Å². The Kier molecular flexibility index (Phi) is 3.38. The number of urea groups is 1. The van der Waals surface area contributed by atoms with E-state index in [2.05, 4.69) is 16.0 Å². The van der Waals surface area contributed by atoms with Crippen LogP contribution in [0.25, 0.3) is 0 Å². The highest BCUT2D eigenvalue weighted by molar-refractivity contribution is 5.89. The van der Waals surface area contributed by atoms with Gasteiger partial charge in [-0.25, -0.2) is 9.18 Å². The number of fused-ring (bicyclic) bond motifs is 2. The van der Waals surface area contributed by atoms with Gasteiger partial charge < -0.3 is 16.0 Å². The molecule has 2 atom stereocenters. The number of piperidine rings is 1. The Labute approximate surface area is 111 Å². The number of hydrogen-bond acceptors (Lipinski definition) is 2. The van der Waals surface area contributed by atoms with E-state index in [9.17, 15) is 9.18 Å². The molecule has 2 heterocycles. The smallest absolute Gasteiger partial charge is 0.319 e. The fraction of sp³-hybridized carbons (Fsp3) is 0.500. The highest BCUT2D eigenvalue weighted by Gasteiger charge is 2.33. The lowest BCUT2D eigenvalue weighted by Crippen LogP contribution is -2.49. The van der Waals surface area contributed by atoms with Crippen molar-refractivity contribution in [3.8, 4) is 0 Å². The SMILES string of the molecule is O=C(Nc1cccc(F)c1)NC1CC2CCC(C1)N2. The predicted molar refractivity (Wildman–Crippen MR) is 71.5 cm³/mol. The van der Waals surface area contributed by atoms with Gasteiger partial charge in [0.15, 0.2) is 0 Å². The normalized spacial score (nSPS) is 29.0. The number of rotatable bonds is 2. The van der Waals surface area contributed by atoms with Gasteiger partial charge in [0.05, 0.1) is 0 Å². The zero-order valence-corrected chi connectivity index (χ0v) is 10.7. The van der Waals surface area contributed by atoms with E-state index in [1.54, 1.807) is 12.1 Å². The van der Waals surface area contributed by atoms with E-state index in [0.29, 0.717) is 17.8 Å². The van der Waals surface area contributed by atoms with Gasteiger partial charge in [0.1, 0.15) is 5.82 Å². The maximum absolute atomic E-state index is 13.0. The third kappa shape index (κ3) is 3.04. The quantitative estimate of drug-likeness (QED) is 0.766. The van der Waals surface area contributed by atoms with Crippen LogP contribution in [0.1, 0.15) is 25.7 Å². The summed E-state index contributed by atoms with van der Waals surface area (Å²) in [6.45, 7) is 0. The first kappa shape index (κ1) is 12.4. The summed E-state index contributed by atoms with van der Waals surface area (Å²) < 4.78 is 13.0. The van der Waals surface area contributed by atoms with Gasteiger partial charge in [-0.05, 0) is 43.9 Å². The minimum absolute atomic E-state index is 0.215. The molecule has 0 saturated carbocycles. The molecule has 5 heteroatoms. The summed E-state index contributed by atoms with van der Waals surface area (Å²) in [7, 11) is 0. The standard InChI is InChI=1S/C14H18FN3O/c15-9-2-1-3-10(6-9)17-14(19)18-13-7-11-4-5-12(8-13)16-11/h1-3,6,11-13,16H,4-5,7-8H2,(H2,17,18,19). The Morgan fingerprint density at radius 2 is 2.00 bits per heavy atom. The molecule has 0 aliphatic carbocycles. The predicted octanol–water partition coefficient (Wildman–Crippen LogP) is 2.23. The van der Waals surface area contributed by atoms with Gasteiger partial charge >= 0.3 is 6.03 Å². The molecule has 0 aromatic heterocycles. The molecule has 3 N–H and O–H groups in total. The van der Waals surface area contributed by atoms with Crippen molar-refractivity contribution in [2.24, 2.45) is 0 Å². The van der Waals surface area contributed by atoms with Crippen LogP contribution in [-0.2, 0) is 0 Å². The van der Waals surface area contributed by atoms with Crippen LogP contribution in [0.15, 0.2) is 24.3 Å². The summed E-state index contributed by atoms with van der Waals surface area (Å²) in [6, 6.07) is 6.96. The van der Waals surface area contributed by atoms with E-state index in [-0.39, 0.29) is 17.9 Å². The molecule has 0 radical (unpaired) electrons. The van der Waals surface area contributed by atoms with Crippen LogP contribution in [0.5, 0.6) is 0 Å². The third-order valence-electron chi connectivity index (χ3n) is 3.89. The molecule has 2 aliphatic rings. The fourth-order valence-electron chi connectivity index (χ4n) is 3.09. The maximum atomic E-state index is 13.0. The van der Waals surface area contributed by atoms with Gasteiger partial charge in [-0.15, -0.1) is 0 Å². The van der Waals surface area contributed by atoms with Crippen LogP contribution in [0, 0.1) is 5.82 Å². The van der Waals surface area contributed by atoms with Crippen LogP contribution in [-0.4, -0.2) is 24.2 Å². The summed E-state index contributed by atoms with van der Waals surface area (Å²) in [5, 5.41) is 9.17. The van der Waals surface area contributed by atoms with Crippen LogP contribution < -0.4 is 16.0 Å². The molecule has 19 heavy (non-hydrogen) atoms. The molecule has 4 nitrogen and oxygen atoms in total. The van der Waals surface area contributed by atoms with Gasteiger partial charge in [-0.1, -0.05) is 6.07 Å². The molecular weight excluding hydrogens is 245 g/mol. The lowest BCUT2D eigenvalue weighted by Gasteiger charge is -2.29. The molecule has 102 valence electrons. The average molecular weight is 263 g/mol. The number of halogens is 1. The highest BCUT2D eigenvalue weighted by Crippen LogP contribution is 2.26. The molecule has 2 bridgehead atoms. The highest BCUT2D eigenvalue weighted by atomic mass is 19.1. The van der Waals surface area contributed by atoms with E-state index in [1.165, 1.54) is 25.0 Å². The van der Waals surface area contributed by atoms with Crippen molar-refractivity contribution in [3.05, 3.63) is 30.1 Å². The summed E-state index contributed by atoms with van der Waals surface area (Å²) in [5.74, 6) is -0.349. The van der Waals surface area contributed by atoms with Crippen molar-refractivity contribution in [2.45, 2.75) is 43.8 Å². The van der Waals surface area contributed by atoms with Crippen LogP contribution in [0.4, 0.5) is 14.9 Å². The molecular formula is C14H18FN3O. The Hall–Kier alpha value is -1.62. The molecule has 2 unspecified atom stereocenters. The number of anilines is 1. The van der Waals surface area contributed by atoms with Gasteiger partial charge in [0.25, 0.3) is 0 Å². The van der Waals surface area contributed by atoms with E-state index >= 15 is 0 Å². The first-order valence-corrected chi connectivity index (χ1v) is 6.78. The Morgan fingerprint density at radius 3 is 2.68 bits per heavy atom. The molecule has 1 aromatic rings. The van der Waals surface area contributed by atoms with Crippen LogP contribution in [0.2, 0.25) is 0 Å². The zero-order valence-electron chi connectivity index (χ0n) is 10.7. The lowest BCUT2D eigenvalue weighted by atomic mass is 10.0. The van der Waals surface area contributed by atoms with Crippen molar-refractivity contribution in [1.29, 1.82) is 0 Å². The second-order valence-electron chi connectivity index (χ2n) is 5.42. The van der Waals surface area contributed by atoms with Gasteiger partial charge in [0, 0.05) is 23.8 Å². The van der Waals surface area contributed by atoms with Gasteiger partial charge in [-0.3, -0.25) is 0 Å². The topological polar surface area (TPSA) is 53.2 Å². The third-order valence-corrected chi connectivity index (χ3v) is 3.89. The minimum Gasteiger partial charge on any atom is -0.335 e. The van der Waals surface area contributed by atoms with Crippen molar-refractivity contribution in [3.63, 3.8) is 0 Å². The van der Waals surface area contributed by atoms with Crippen LogP contribution >= 0.6 is 0 Å². The van der Waals surface area contributed by atoms with E-state index in [0.717, 1.165) is 12.8 Å². The Bertz CT molecular complexity index is 468. The average Bonchev–Trinajstić information content (AvgIpc) is 2.68. The largest absolute Gasteiger partial charge is 0.335 e. The summed E-state index contributed by atoms with van der Waals surface area (Å²) >= 11 is 0.